The molecular formula is C53H80N6O14S5. The molecule has 4 heterocycles. The minimum atomic E-state index is -0.289. The largest absolute Gasteiger partial charge is 0.427 e. The first-order valence-electron chi connectivity index (χ1n) is 27.2. The first-order chi connectivity index (χ1) is 37.8. The van der Waals surface area contributed by atoms with E-state index in [9.17, 15) is 43.2 Å². The fourth-order valence-corrected chi connectivity index (χ4v) is 15.8. The van der Waals surface area contributed by atoms with Gasteiger partial charge in [0.15, 0.2) is 0 Å². The first kappa shape index (κ1) is 65.3. The van der Waals surface area contributed by atoms with Crippen molar-refractivity contribution in [2.45, 2.75) is 105 Å². The molecule has 1 aromatic carbocycles. The summed E-state index contributed by atoms with van der Waals surface area (Å²) in [5, 5.41) is 17.0. The van der Waals surface area contributed by atoms with Gasteiger partial charge in [0.25, 0.3) is 0 Å². The lowest BCUT2D eigenvalue weighted by atomic mass is 9.91. The van der Waals surface area contributed by atoms with Crippen molar-refractivity contribution in [1.82, 2.24) is 31.9 Å². The van der Waals surface area contributed by atoms with Gasteiger partial charge in [-0.25, -0.2) is 0 Å². The Morgan fingerprint density at radius 2 is 0.923 bits per heavy atom. The summed E-state index contributed by atoms with van der Waals surface area (Å²) < 4.78 is 27.8. The summed E-state index contributed by atoms with van der Waals surface area (Å²) in [4.78, 5) is 110. The van der Waals surface area contributed by atoms with E-state index in [1.54, 1.807) is 70.9 Å². The lowest BCUT2D eigenvalue weighted by Crippen LogP contribution is -2.29. The Kier molecular flexibility index (Phi) is 31.3. The highest BCUT2D eigenvalue weighted by molar-refractivity contribution is 8.16. The molecular weight excluding hydrogens is 1100 g/mol. The number of unbranched alkanes of at least 4 members (excludes halogenated alkanes) is 2. The topological polar surface area (TPSA) is 272 Å². The van der Waals surface area contributed by atoms with E-state index in [0.717, 1.165) is 31.2 Å². The molecule has 4 fully saturated rings. The number of carbonyl (C=O) groups is 9. The second-order valence-corrected chi connectivity index (χ2v) is 26.3. The van der Waals surface area contributed by atoms with Gasteiger partial charge in [0.05, 0.1) is 87.5 Å². The predicted octanol–water partition coefficient (Wildman–Crippen LogP) is 4.03. The van der Waals surface area contributed by atoms with Crippen LogP contribution in [0.1, 0.15) is 94.6 Å². The van der Waals surface area contributed by atoms with E-state index in [1.807, 2.05) is 12.1 Å². The summed E-state index contributed by atoms with van der Waals surface area (Å²) in [6.07, 6.45) is 6.34. The Morgan fingerprint density at radius 1 is 0.526 bits per heavy atom. The fraction of sp³-hybridized carbons (Fsp3) is 0.717. The molecule has 0 spiro atoms. The zero-order valence-electron chi connectivity index (χ0n) is 45.0. The second kappa shape index (κ2) is 37.5. The molecule has 5 rings (SSSR count). The van der Waals surface area contributed by atoms with Crippen LogP contribution in [0.5, 0.6) is 5.75 Å². The highest BCUT2D eigenvalue weighted by Crippen LogP contribution is 2.44. The van der Waals surface area contributed by atoms with Crippen molar-refractivity contribution in [3.05, 3.63) is 29.8 Å². The first-order valence-corrected chi connectivity index (χ1v) is 32.5. The van der Waals surface area contributed by atoms with Gasteiger partial charge in [0.2, 0.25) is 47.3 Å². The maximum Gasteiger partial charge on any atom is 0.312 e. The van der Waals surface area contributed by atoms with Crippen molar-refractivity contribution in [2.75, 3.05) is 108 Å². The van der Waals surface area contributed by atoms with E-state index in [4.69, 9.17) is 23.7 Å². The van der Waals surface area contributed by atoms with Gasteiger partial charge >= 0.3 is 5.97 Å². The molecule has 6 atom stereocenters. The third-order valence-corrected chi connectivity index (χ3v) is 20.0. The van der Waals surface area contributed by atoms with Crippen LogP contribution in [0.15, 0.2) is 24.3 Å². The van der Waals surface area contributed by atoms with E-state index in [0.29, 0.717) is 151 Å². The Balaban J connectivity index is 0.855. The smallest absolute Gasteiger partial charge is 0.312 e. The molecule has 78 heavy (non-hydrogen) atoms. The van der Waals surface area contributed by atoms with E-state index in [1.165, 1.54) is 0 Å². The van der Waals surface area contributed by atoms with Crippen molar-refractivity contribution in [2.24, 2.45) is 23.7 Å². The van der Waals surface area contributed by atoms with Crippen LogP contribution in [-0.2, 0) is 62.1 Å². The number of esters is 1. The number of benzene rings is 1. The molecule has 25 heteroatoms. The maximum absolute atomic E-state index is 12.7. The molecule has 4 aliphatic heterocycles. The zero-order chi connectivity index (χ0) is 55.9. The lowest BCUT2D eigenvalue weighted by molar-refractivity contribution is -0.134. The summed E-state index contributed by atoms with van der Waals surface area (Å²) in [6.45, 7) is 8.32. The Hall–Kier alpha value is -3.56. The van der Waals surface area contributed by atoms with Crippen LogP contribution in [0.3, 0.4) is 0 Å². The quantitative estimate of drug-likeness (QED) is 0.0177. The molecule has 6 unspecified atom stereocenters. The molecule has 0 aliphatic carbocycles. The number of imide groups is 2. The molecule has 4 aliphatic rings. The number of hydrogen-bond donors (Lipinski definition) is 6. The van der Waals surface area contributed by atoms with Crippen LogP contribution < -0.4 is 36.6 Å². The SMILES string of the molecule is CC(C)SCCC(=O)Oc1ccc(C(SCCC(=O)NCCOCCOCCNC(=O)CCCCC2SCC3C(=O)NC(=O)C23)SCCC(=O)NCCOCCOCCNC(=O)CCCCC2SCC3C(=O)NC(=O)C23)cc1. The molecule has 0 saturated carbocycles. The maximum atomic E-state index is 12.7. The van der Waals surface area contributed by atoms with Gasteiger partial charge in [-0.15, -0.1) is 23.5 Å². The number of thioether (sulfide) groups is 5. The third-order valence-electron chi connectivity index (χ3n) is 13.1. The summed E-state index contributed by atoms with van der Waals surface area (Å²) >= 11 is 8.26. The van der Waals surface area contributed by atoms with Crippen molar-refractivity contribution < 1.29 is 66.8 Å². The van der Waals surface area contributed by atoms with Crippen LogP contribution in [0.2, 0.25) is 0 Å². The predicted molar refractivity (Wildman–Crippen MR) is 306 cm³/mol. The van der Waals surface area contributed by atoms with Gasteiger partial charge in [-0.2, -0.15) is 35.3 Å². The molecule has 0 bridgehead atoms. The number of amides is 8. The number of fused-ring (bicyclic) bond motifs is 2. The molecule has 6 N–H and O–H groups in total. The zero-order valence-corrected chi connectivity index (χ0v) is 49.1. The van der Waals surface area contributed by atoms with E-state index < -0.39 is 0 Å². The Morgan fingerprint density at radius 3 is 1.33 bits per heavy atom. The number of carbonyl (C=O) groups excluding carboxylic acids is 9. The van der Waals surface area contributed by atoms with Crippen molar-refractivity contribution >= 4 is 112 Å². The fourth-order valence-electron chi connectivity index (χ4n) is 9.01. The second-order valence-electron chi connectivity index (χ2n) is 19.3. The normalized spacial score (nSPS) is 20.8. The monoisotopic (exact) mass is 1180 g/mol. The van der Waals surface area contributed by atoms with Gasteiger partial charge < -0.3 is 45.0 Å². The molecule has 0 radical (unpaired) electrons. The number of hydrogen-bond acceptors (Lipinski definition) is 19. The van der Waals surface area contributed by atoms with Gasteiger partial charge in [-0.3, -0.25) is 53.8 Å². The summed E-state index contributed by atoms with van der Waals surface area (Å²) in [5.74, 6) is 1.43. The highest BCUT2D eigenvalue weighted by Gasteiger charge is 2.51. The molecule has 8 amide bonds. The molecule has 4 saturated heterocycles. The van der Waals surface area contributed by atoms with Crippen molar-refractivity contribution in [1.29, 1.82) is 0 Å². The van der Waals surface area contributed by atoms with Gasteiger partial charge in [-0.1, -0.05) is 38.8 Å². The average molecular weight is 1190 g/mol. The Labute approximate surface area is 479 Å². The van der Waals surface area contributed by atoms with Crippen LogP contribution in [-0.4, -0.2) is 177 Å². The third kappa shape index (κ3) is 24.7. The average Bonchev–Trinajstić information content (AvgIpc) is 4.25. The van der Waals surface area contributed by atoms with E-state index in [2.05, 4.69) is 45.7 Å². The summed E-state index contributed by atoms with van der Waals surface area (Å²) in [7, 11) is 0. The minimum Gasteiger partial charge on any atom is -0.427 e. The summed E-state index contributed by atoms with van der Waals surface area (Å²) in [6, 6.07) is 7.35. The van der Waals surface area contributed by atoms with Gasteiger partial charge in [-0.05, 0) is 48.6 Å². The van der Waals surface area contributed by atoms with E-state index in [-0.39, 0.29) is 105 Å². The van der Waals surface area contributed by atoms with Gasteiger partial charge in [0, 0.05) is 91.1 Å². The highest BCUT2D eigenvalue weighted by atomic mass is 32.2. The standard InChI is InChI=1S/C53H80N6O14S5/c1-35(2)74-32-17-46(64)73-37-13-11-36(12-14-37)53(75-30-15-44(62)56-20-24-71-28-26-69-22-18-54-42(60)9-5-3-7-40-47-38(33-77-40)49(65)58-51(47)67)76-31-16-45(63)57-21-25-72-29-27-70-23-19-55-43(61)10-6-4-8-41-48-39(34-78-41)50(66)59-52(48)68/h11-14,35,38-41,47-48,53H,3-10,15-34H2,1-2H3,(H,54,60)(H,55,61)(H,56,62)(H,57,63)(H,58,65,67)(H,59,66,68). The van der Waals surface area contributed by atoms with Crippen LogP contribution in [0, 0.1) is 23.7 Å². The van der Waals surface area contributed by atoms with Gasteiger partial charge in [0.1, 0.15) is 5.75 Å². The van der Waals surface area contributed by atoms with Crippen molar-refractivity contribution in [3.63, 3.8) is 0 Å². The summed E-state index contributed by atoms with van der Waals surface area (Å²) in [5.41, 5.74) is 0.966. The van der Waals surface area contributed by atoms with E-state index >= 15 is 0 Å². The molecule has 20 nitrogen and oxygen atoms in total. The molecule has 0 aromatic heterocycles. The molecule has 436 valence electrons. The number of rotatable bonds is 42. The van der Waals surface area contributed by atoms with Crippen LogP contribution in [0.4, 0.5) is 0 Å². The number of nitrogens with one attached hydrogen (secondary N) is 6. The minimum absolute atomic E-state index is 0.0522. The van der Waals surface area contributed by atoms with Crippen molar-refractivity contribution in [3.8, 4) is 5.75 Å². The Bertz CT molecular complexity index is 1990. The number of ether oxygens (including phenoxy) is 5. The van der Waals surface area contributed by atoms with Crippen LogP contribution in [0.25, 0.3) is 0 Å². The lowest BCUT2D eigenvalue weighted by Gasteiger charge is -2.17. The van der Waals surface area contributed by atoms with Crippen LogP contribution >= 0.6 is 58.8 Å². The molecule has 1 aromatic rings.